The van der Waals surface area contributed by atoms with E-state index in [9.17, 15) is 0 Å². The Kier molecular flexibility index (Phi) is 2.34. The minimum atomic E-state index is 0.426. The van der Waals surface area contributed by atoms with Crippen LogP contribution in [-0.2, 0) is 0 Å². The van der Waals surface area contributed by atoms with Crippen LogP contribution in [0, 0.1) is 0 Å². The lowest BCUT2D eigenvalue weighted by Crippen LogP contribution is -1.98. The van der Waals surface area contributed by atoms with E-state index in [1.807, 2.05) is 36.4 Å². The SMILES string of the molecule is Nc1ccc(-c2ccnc3ccccc23)c(N)n1. The average molecular weight is 236 g/mol. The van der Waals surface area contributed by atoms with Crippen molar-refractivity contribution in [2.45, 2.75) is 0 Å². The Morgan fingerprint density at radius 3 is 2.50 bits per heavy atom. The Morgan fingerprint density at radius 2 is 1.67 bits per heavy atom. The Hall–Kier alpha value is -2.62. The number of hydrogen-bond acceptors (Lipinski definition) is 4. The molecule has 0 aliphatic rings. The highest BCUT2D eigenvalue weighted by molar-refractivity contribution is 5.96. The minimum Gasteiger partial charge on any atom is -0.384 e. The van der Waals surface area contributed by atoms with Crippen LogP contribution in [0.5, 0.6) is 0 Å². The van der Waals surface area contributed by atoms with Crippen LogP contribution in [0.4, 0.5) is 11.6 Å². The highest BCUT2D eigenvalue weighted by Gasteiger charge is 2.08. The number of benzene rings is 1. The molecule has 0 bridgehead atoms. The van der Waals surface area contributed by atoms with E-state index in [0.717, 1.165) is 22.0 Å². The molecule has 0 atom stereocenters. The second-order valence-corrected chi connectivity index (χ2v) is 4.04. The molecule has 0 amide bonds. The molecule has 0 radical (unpaired) electrons. The van der Waals surface area contributed by atoms with Crippen LogP contribution >= 0.6 is 0 Å². The summed E-state index contributed by atoms with van der Waals surface area (Å²) in [5.41, 5.74) is 14.4. The fraction of sp³-hybridized carbons (Fsp3) is 0. The molecule has 18 heavy (non-hydrogen) atoms. The Morgan fingerprint density at radius 1 is 0.833 bits per heavy atom. The van der Waals surface area contributed by atoms with Crippen molar-refractivity contribution in [3.8, 4) is 11.1 Å². The largest absolute Gasteiger partial charge is 0.384 e. The van der Waals surface area contributed by atoms with E-state index in [0.29, 0.717) is 11.6 Å². The topological polar surface area (TPSA) is 77.8 Å². The van der Waals surface area contributed by atoms with Crippen LogP contribution in [0.15, 0.2) is 48.7 Å². The summed E-state index contributed by atoms with van der Waals surface area (Å²) < 4.78 is 0. The zero-order valence-corrected chi connectivity index (χ0v) is 9.67. The van der Waals surface area contributed by atoms with E-state index in [1.54, 1.807) is 12.3 Å². The summed E-state index contributed by atoms with van der Waals surface area (Å²) in [4.78, 5) is 8.42. The maximum absolute atomic E-state index is 5.93. The quantitative estimate of drug-likeness (QED) is 0.680. The Labute approximate surface area is 104 Å². The molecular formula is C14H12N4. The van der Waals surface area contributed by atoms with E-state index < -0.39 is 0 Å². The van der Waals surface area contributed by atoms with Gasteiger partial charge in [-0.25, -0.2) is 4.98 Å². The zero-order valence-electron chi connectivity index (χ0n) is 9.67. The number of pyridine rings is 2. The molecule has 0 spiro atoms. The minimum absolute atomic E-state index is 0.426. The maximum Gasteiger partial charge on any atom is 0.133 e. The molecule has 0 saturated carbocycles. The number of para-hydroxylation sites is 1. The van der Waals surface area contributed by atoms with Gasteiger partial charge in [0, 0.05) is 17.1 Å². The molecule has 0 fully saturated rings. The molecule has 4 heteroatoms. The highest BCUT2D eigenvalue weighted by atomic mass is 14.9. The van der Waals surface area contributed by atoms with Gasteiger partial charge in [0.25, 0.3) is 0 Å². The summed E-state index contributed by atoms with van der Waals surface area (Å²) >= 11 is 0. The van der Waals surface area contributed by atoms with E-state index in [4.69, 9.17) is 11.5 Å². The van der Waals surface area contributed by atoms with Crippen LogP contribution in [0.3, 0.4) is 0 Å². The lowest BCUT2D eigenvalue weighted by molar-refractivity contribution is 1.34. The number of anilines is 2. The van der Waals surface area contributed by atoms with Gasteiger partial charge in [0.05, 0.1) is 5.52 Å². The second kappa shape index (κ2) is 4.00. The predicted octanol–water partition coefficient (Wildman–Crippen LogP) is 2.46. The smallest absolute Gasteiger partial charge is 0.133 e. The third-order valence-electron chi connectivity index (χ3n) is 2.89. The summed E-state index contributed by atoms with van der Waals surface area (Å²) in [6, 6.07) is 13.5. The maximum atomic E-state index is 5.93. The van der Waals surface area contributed by atoms with Crippen molar-refractivity contribution >= 4 is 22.5 Å². The van der Waals surface area contributed by atoms with Gasteiger partial charge in [0.1, 0.15) is 11.6 Å². The van der Waals surface area contributed by atoms with Crippen LogP contribution in [0.2, 0.25) is 0 Å². The molecule has 3 aromatic rings. The number of nitrogens with two attached hydrogens (primary N) is 2. The molecule has 2 aromatic heterocycles. The molecule has 0 aliphatic carbocycles. The zero-order chi connectivity index (χ0) is 12.5. The molecule has 0 aliphatic heterocycles. The van der Waals surface area contributed by atoms with Crippen LogP contribution < -0.4 is 11.5 Å². The first-order valence-corrected chi connectivity index (χ1v) is 5.62. The number of nitrogens with zero attached hydrogens (tertiary/aromatic N) is 2. The van der Waals surface area contributed by atoms with Crippen molar-refractivity contribution in [1.29, 1.82) is 0 Å². The van der Waals surface area contributed by atoms with Crippen molar-refractivity contribution in [2.24, 2.45) is 0 Å². The van der Waals surface area contributed by atoms with Gasteiger partial charge in [0.2, 0.25) is 0 Å². The fourth-order valence-corrected chi connectivity index (χ4v) is 2.05. The summed E-state index contributed by atoms with van der Waals surface area (Å²) in [6.45, 7) is 0. The molecule has 1 aromatic carbocycles. The van der Waals surface area contributed by atoms with Crippen LogP contribution in [0.1, 0.15) is 0 Å². The lowest BCUT2D eigenvalue weighted by Gasteiger charge is -2.08. The van der Waals surface area contributed by atoms with Gasteiger partial charge in [-0.1, -0.05) is 18.2 Å². The van der Waals surface area contributed by atoms with Gasteiger partial charge in [-0.2, -0.15) is 0 Å². The highest BCUT2D eigenvalue weighted by Crippen LogP contribution is 2.30. The van der Waals surface area contributed by atoms with Crippen molar-refractivity contribution in [3.63, 3.8) is 0 Å². The summed E-state index contributed by atoms with van der Waals surface area (Å²) in [6.07, 6.45) is 1.77. The van der Waals surface area contributed by atoms with Crippen molar-refractivity contribution in [2.75, 3.05) is 11.5 Å². The second-order valence-electron chi connectivity index (χ2n) is 4.04. The van der Waals surface area contributed by atoms with Gasteiger partial charge < -0.3 is 11.5 Å². The van der Waals surface area contributed by atoms with E-state index in [-0.39, 0.29) is 0 Å². The molecule has 88 valence electrons. The molecule has 3 rings (SSSR count). The molecule has 2 heterocycles. The first-order chi connectivity index (χ1) is 8.75. The van der Waals surface area contributed by atoms with Gasteiger partial charge in [-0.3, -0.25) is 4.98 Å². The molecule has 4 N–H and O–H groups in total. The Balaban J connectivity index is 2.31. The molecule has 0 unspecified atom stereocenters. The standard InChI is InChI=1S/C14H12N4/c15-13-6-5-11(14(16)18-13)9-7-8-17-12-4-2-1-3-10(9)12/h1-8H,(H4,15,16,18). The number of fused-ring (bicyclic) bond motifs is 1. The van der Waals surface area contributed by atoms with E-state index in [2.05, 4.69) is 9.97 Å². The van der Waals surface area contributed by atoms with Crippen molar-refractivity contribution in [1.82, 2.24) is 9.97 Å². The van der Waals surface area contributed by atoms with Crippen molar-refractivity contribution in [3.05, 3.63) is 48.7 Å². The first-order valence-electron chi connectivity index (χ1n) is 5.62. The Bertz CT molecular complexity index is 717. The summed E-state index contributed by atoms with van der Waals surface area (Å²) in [5.74, 6) is 0.862. The molecular weight excluding hydrogens is 224 g/mol. The average Bonchev–Trinajstić information content (AvgIpc) is 2.38. The van der Waals surface area contributed by atoms with E-state index in [1.165, 1.54) is 0 Å². The monoisotopic (exact) mass is 236 g/mol. The summed E-state index contributed by atoms with van der Waals surface area (Å²) in [7, 11) is 0. The van der Waals surface area contributed by atoms with E-state index >= 15 is 0 Å². The first kappa shape index (κ1) is 10.5. The number of nitrogen functional groups attached to an aromatic ring is 2. The van der Waals surface area contributed by atoms with Gasteiger partial charge >= 0.3 is 0 Å². The van der Waals surface area contributed by atoms with Crippen LogP contribution in [0.25, 0.3) is 22.0 Å². The third kappa shape index (κ3) is 1.64. The number of hydrogen-bond donors (Lipinski definition) is 2. The lowest BCUT2D eigenvalue weighted by atomic mass is 10.0. The van der Waals surface area contributed by atoms with Gasteiger partial charge in [-0.05, 0) is 29.8 Å². The number of aromatic nitrogens is 2. The van der Waals surface area contributed by atoms with Crippen LogP contribution in [-0.4, -0.2) is 9.97 Å². The number of rotatable bonds is 1. The predicted molar refractivity (Wildman–Crippen MR) is 73.8 cm³/mol. The fourth-order valence-electron chi connectivity index (χ4n) is 2.05. The normalized spacial score (nSPS) is 10.7. The van der Waals surface area contributed by atoms with Crippen molar-refractivity contribution < 1.29 is 0 Å². The van der Waals surface area contributed by atoms with Gasteiger partial charge in [0.15, 0.2) is 0 Å². The van der Waals surface area contributed by atoms with Gasteiger partial charge in [-0.15, -0.1) is 0 Å². The summed E-state index contributed by atoms with van der Waals surface area (Å²) in [5, 5.41) is 1.05. The molecule has 0 saturated heterocycles. The third-order valence-corrected chi connectivity index (χ3v) is 2.89. The molecule has 4 nitrogen and oxygen atoms in total.